The minimum Gasteiger partial charge on any atom is -0.340 e. The van der Waals surface area contributed by atoms with Crippen LogP contribution in [0.15, 0.2) is 0 Å². The predicted molar refractivity (Wildman–Crippen MR) is 64.7 cm³/mol. The van der Waals surface area contributed by atoms with E-state index in [1.807, 2.05) is 11.9 Å². The zero-order valence-corrected chi connectivity index (χ0v) is 11.5. The second-order valence-corrected chi connectivity index (χ2v) is 4.92. The Morgan fingerprint density at radius 2 is 1.79 bits per heavy atom. The molecule has 3 heteroatoms. The molecule has 0 aromatic rings. The Labute approximate surface area is 96.2 Å². The van der Waals surface area contributed by atoms with Crippen LogP contribution in [0, 0.1) is 5.92 Å². The topological polar surface area (TPSA) is 20.3 Å². The fourth-order valence-electron chi connectivity index (χ4n) is 1.30. The van der Waals surface area contributed by atoms with E-state index in [0.29, 0.717) is 0 Å². The quantitative estimate of drug-likeness (QED) is 0.699. The van der Waals surface area contributed by atoms with Crippen molar-refractivity contribution in [3.63, 3.8) is 0 Å². The number of nitrogens with zero attached hydrogens (tertiary/aromatic N) is 1. The normalized spacial score (nSPS) is 11.9. The third-order valence-corrected chi connectivity index (χ3v) is 4.27. The van der Waals surface area contributed by atoms with Gasteiger partial charge in [-0.25, -0.2) is 0 Å². The van der Waals surface area contributed by atoms with Gasteiger partial charge in [-0.3, -0.25) is 4.79 Å². The van der Waals surface area contributed by atoms with Gasteiger partial charge < -0.3 is 4.90 Å². The van der Waals surface area contributed by atoms with Gasteiger partial charge >= 0.3 is 0 Å². The van der Waals surface area contributed by atoms with Crippen molar-refractivity contribution < 1.29 is 4.79 Å². The fourth-order valence-corrected chi connectivity index (χ4v) is 1.68. The van der Waals surface area contributed by atoms with E-state index < -0.39 is 0 Å². The smallest absolute Gasteiger partial charge is 0.225 e. The number of hydrogen-bond acceptors (Lipinski definition) is 1. The molecule has 0 N–H and O–H groups in total. The summed E-state index contributed by atoms with van der Waals surface area (Å²) in [5, 5.41) is 0.808. The molecule has 0 aliphatic heterocycles. The average molecular weight is 264 g/mol. The van der Waals surface area contributed by atoms with E-state index in [-0.39, 0.29) is 17.4 Å². The molecule has 84 valence electrons. The summed E-state index contributed by atoms with van der Waals surface area (Å²) in [6, 6.07) is 0. The molecule has 2 nitrogen and oxygen atoms in total. The number of alkyl halides is 1. The van der Waals surface area contributed by atoms with Gasteiger partial charge in [-0.2, -0.15) is 0 Å². The number of carbonyl (C=O) groups excluding carboxylic acids is 1. The van der Waals surface area contributed by atoms with Gasteiger partial charge in [0.1, 0.15) is 0 Å². The third-order valence-electron chi connectivity index (χ3n) is 2.90. The summed E-state index contributed by atoms with van der Waals surface area (Å²) in [5.41, 5.74) is -0.0975. The Morgan fingerprint density at radius 1 is 1.36 bits per heavy atom. The Morgan fingerprint density at radius 3 is 2.07 bits per heavy atom. The lowest BCUT2D eigenvalue weighted by Crippen LogP contribution is -2.48. The molecular weight excluding hydrogens is 242 g/mol. The van der Waals surface area contributed by atoms with Crippen LogP contribution in [0.3, 0.4) is 0 Å². The van der Waals surface area contributed by atoms with Crippen LogP contribution in [0.4, 0.5) is 0 Å². The Bertz CT molecular complexity index is 188. The summed E-state index contributed by atoms with van der Waals surface area (Å²) in [5.74, 6) is 0.442. The van der Waals surface area contributed by atoms with Crippen molar-refractivity contribution in [3.8, 4) is 0 Å². The van der Waals surface area contributed by atoms with E-state index in [1.54, 1.807) is 0 Å². The number of rotatable bonds is 5. The standard InChI is InChI=1S/C11H22BrNO/c1-6-9(7-2)10(14)13(5)11(3,4)8-12/h9H,6-8H2,1-5H3. The molecule has 0 aliphatic carbocycles. The van der Waals surface area contributed by atoms with Crippen molar-refractivity contribution in [1.29, 1.82) is 0 Å². The van der Waals surface area contributed by atoms with Gasteiger partial charge in [-0.1, -0.05) is 29.8 Å². The monoisotopic (exact) mass is 263 g/mol. The van der Waals surface area contributed by atoms with E-state index in [4.69, 9.17) is 0 Å². The zero-order chi connectivity index (χ0) is 11.4. The molecule has 0 aromatic heterocycles. The first-order valence-electron chi connectivity index (χ1n) is 5.24. The number of amides is 1. The van der Waals surface area contributed by atoms with Crippen LogP contribution in [0.5, 0.6) is 0 Å². The number of halogens is 1. The highest BCUT2D eigenvalue weighted by atomic mass is 79.9. The van der Waals surface area contributed by atoms with Crippen LogP contribution in [0.1, 0.15) is 40.5 Å². The van der Waals surface area contributed by atoms with Crippen molar-refractivity contribution in [2.45, 2.75) is 46.1 Å². The second kappa shape index (κ2) is 5.74. The fraction of sp³-hybridized carbons (Fsp3) is 0.909. The van der Waals surface area contributed by atoms with Crippen LogP contribution in [-0.4, -0.2) is 28.7 Å². The predicted octanol–water partition coefficient (Wildman–Crippen LogP) is 3.05. The van der Waals surface area contributed by atoms with Crippen LogP contribution < -0.4 is 0 Å². The van der Waals surface area contributed by atoms with E-state index in [9.17, 15) is 4.79 Å². The molecule has 0 saturated carbocycles. The lowest BCUT2D eigenvalue weighted by Gasteiger charge is -2.36. The maximum atomic E-state index is 12.0. The maximum Gasteiger partial charge on any atom is 0.225 e. The minimum absolute atomic E-state index is 0.0975. The molecule has 0 spiro atoms. The highest BCUT2D eigenvalue weighted by Gasteiger charge is 2.29. The number of carbonyl (C=O) groups is 1. The Balaban J connectivity index is 4.52. The van der Waals surface area contributed by atoms with Crippen LogP contribution in [0.2, 0.25) is 0 Å². The molecular formula is C11H22BrNO. The molecule has 0 fully saturated rings. The molecule has 0 heterocycles. The molecule has 0 bridgehead atoms. The highest BCUT2D eigenvalue weighted by Crippen LogP contribution is 2.20. The van der Waals surface area contributed by atoms with Crippen molar-refractivity contribution >= 4 is 21.8 Å². The SMILES string of the molecule is CCC(CC)C(=O)N(C)C(C)(C)CBr. The summed E-state index contributed by atoms with van der Waals surface area (Å²) in [6.45, 7) is 8.28. The molecule has 0 aromatic carbocycles. The summed E-state index contributed by atoms with van der Waals surface area (Å²) in [4.78, 5) is 13.9. The van der Waals surface area contributed by atoms with Gasteiger partial charge in [0.2, 0.25) is 5.91 Å². The van der Waals surface area contributed by atoms with Gasteiger partial charge in [-0.05, 0) is 26.7 Å². The lowest BCUT2D eigenvalue weighted by molar-refractivity contribution is -0.138. The maximum absolute atomic E-state index is 12.0. The van der Waals surface area contributed by atoms with E-state index in [2.05, 4.69) is 43.6 Å². The first kappa shape index (κ1) is 13.9. The van der Waals surface area contributed by atoms with Crippen molar-refractivity contribution in [2.24, 2.45) is 5.92 Å². The van der Waals surface area contributed by atoms with Gasteiger partial charge in [-0.15, -0.1) is 0 Å². The van der Waals surface area contributed by atoms with E-state index in [0.717, 1.165) is 18.2 Å². The third kappa shape index (κ3) is 3.26. The van der Waals surface area contributed by atoms with E-state index in [1.165, 1.54) is 0 Å². The highest BCUT2D eigenvalue weighted by molar-refractivity contribution is 9.09. The van der Waals surface area contributed by atoms with Crippen molar-refractivity contribution in [2.75, 3.05) is 12.4 Å². The van der Waals surface area contributed by atoms with Gasteiger partial charge in [0.05, 0.1) is 0 Å². The minimum atomic E-state index is -0.0975. The lowest BCUT2D eigenvalue weighted by atomic mass is 9.98. The Kier molecular flexibility index (Phi) is 5.72. The largest absolute Gasteiger partial charge is 0.340 e. The van der Waals surface area contributed by atoms with Gasteiger partial charge in [0.15, 0.2) is 0 Å². The summed E-state index contributed by atoms with van der Waals surface area (Å²) >= 11 is 3.44. The molecule has 0 rings (SSSR count). The molecule has 0 saturated heterocycles. The van der Waals surface area contributed by atoms with Crippen LogP contribution >= 0.6 is 15.9 Å². The first-order chi connectivity index (χ1) is 6.40. The molecule has 0 unspecified atom stereocenters. The van der Waals surface area contributed by atoms with Crippen LogP contribution in [0.25, 0.3) is 0 Å². The van der Waals surface area contributed by atoms with Crippen molar-refractivity contribution in [3.05, 3.63) is 0 Å². The van der Waals surface area contributed by atoms with Gasteiger partial charge in [0, 0.05) is 23.8 Å². The van der Waals surface area contributed by atoms with Gasteiger partial charge in [0.25, 0.3) is 0 Å². The van der Waals surface area contributed by atoms with Crippen LogP contribution in [-0.2, 0) is 4.79 Å². The first-order valence-corrected chi connectivity index (χ1v) is 6.36. The Hall–Kier alpha value is -0.0500. The second-order valence-electron chi connectivity index (χ2n) is 4.36. The molecule has 0 atom stereocenters. The molecule has 14 heavy (non-hydrogen) atoms. The summed E-state index contributed by atoms with van der Waals surface area (Å²) < 4.78 is 0. The molecule has 0 aliphatic rings. The van der Waals surface area contributed by atoms with Crippen molar-refractivity contribution in [1.82, 2.24) is 4.90 Å². The molecule has 1 amide bonds. The average Bonchev–Trinajstić information content (AvgIpc) is 2.18. The van der Waals surface area contributed by atoms with E-state index >= 15 is 0 Å². The molecule has 0 radical (unpaired) electrons. The number of hydrogen-bond donors (Lipinski definition) is 0. The summed E-state index contributed by atoms with van der Waals surface area (Å²) in [6.07, 6.45) is 1.86. The summed E-state index contributed by atoms with van der Waals surface area (Å²) in [7, 11) is 1.89. The zero-order valence-electron chi connectivity index (χ0n) is 9.93.